The van der Waals surface area contributed by atoms with Gasteiger partial charge in [0.1, 0.15) is 5.52 Å². The van der Waals surface area contributed by atoms with Crippen LogP contribution >= 0.6 is 0 Å². The zero-order valence-electron chi connectivity index (χ0n) is 11.1. The molecule has 4 heteroatoms. The van der Waals surface area contributed by atoms with Crippen LogP contribution in [0.25, 0.3) is 11.0 Å². The van der Waals surface area contributed by atoms with Gasteiger partial charge in [-0.3, -0.25) is 0 Å². The summed E-state index contributed by atoms with van der Waals surface area (Å²) in [4.78, 5) is 8.83. The molecule has 2 heterocycles. The third-order valence-corrected chi connectivity index (χ3v) is 4.00. The lowest BCUT2D eigenvalue weighted by Gasteiger charge is -2.11. The Hall–Kier alpha value is -1.58. The lowest BCUT2D eigenvalue weighted by Crippen LogP contribution is -2.12. The SMILES string of the molecule is CC1CCC(CNc2nccc3c2ncn3C)C1. The first-order valence-electron chi connectivity index (χ1n) is 6.74. The zero-order chi connectivity index (χ0) is 12.5. The predicted octanol–water partition coefficient (Wildman–Crippen LogP) is 2.82. The van der Waals surface area contributed by atoms with Crippen molar-refractivity contribution < 1.29 is 0 Å². The molecule has 0 spiro atoms. The van der Waals surface area contributed by atoms with E-state index in [1.807, 2.05) is 30.2 Å². The van der Waals surface area contributed by atoms with E-state index in [9.17, 15) is 0 Å². The number of pyridine rings is 1. The van der Waals surface area contributed by atoms with Crippen molar-refractivity contribution in [3.05, 3.63) is 18.6 Å². The minimum atomic E-state index is 0.792. The fraction of sp³-hybridized carbons (Fsp3) is 0.571. The lowest BCUT2D eigenvalue weighted by atomic mass is 10.1. The lowest BCUT2D eigenvalue weighted by molar-refractivity contribution is 0.536. The molecule has 1 saturated carbocycles. The molecule has 0 bridgehead atoms. The molecule has 96 valence electrons. The molecule has 18 heavy (non-hydrogen) atoms. The molecule has 1 fully saturated rings. The molecule has 4 nitrogen and oxygen atoms in total. The number of nitrogens with one attached hydrogen (secondary N) is 1. The highest BCUT2D eigenvalue weighted by Gasteiger charge is 2.21. The van der Waals surface area contributed by atoms with E-state index in [0.29, 0.717) is 0 Å². The second-order valence-corrected chi connectivity index (χ2v) is 5.55. The minimum absolute atomic E-state index is 0.792. The molecule has 2 aromatic heterocycles. The summed E-state index contributed by atoms with van der Waals surface area (Å²) < 4.78 is 2.03. The molecule has 0 aliphatic heterocycles. The zero-order valence-corrected chi connectivity index (χ0v) is 11.1. The number of nitrogens with zero attached hydrogens (tertiary/aromatic N) is 3. The molecular formula is C14H20N4. The standard InChI is InChI=1S/C14H20N4/c1-10-3-4-11(7-10)8-16-14-13-12(5-6-15-14)18(2)9-17-13/h5-6,9-11H,3-4,7-8H2,1-2H3,(H,15,16). The van der Waals surface area contributed by atoms with Crippen LogP contribution in [0.1, 0.15) is 26.2 Å². The Bertz CT molecular complexity index is 546. The normalized spacial score (nSPS) is 23.7. The van der Waals surface area contributed by atoms with E-state index in [4.69, 9.17) is 0 Å². The topological polar surface area (TPSA) is 42.7 Å². The van der Waals surface area contributed by atoms with Crippen molar-refractivity contribution in [3.63, 3.8) is 0 Å². The average Bonchev–Trinajstić information content (AvgIpc) is 2.94. The maximum atomic E-state index is 4.42. The largest absolute Gasteiger partial charge is 0.368 e. The van der Waals surface area contributed by atoms with Crippen LogP contribution in [-0.2, 0) is 7.05 Å². The molecule has 1 aliphatic rings. The van der Waals surface area contributed by atoms with E-state index in [1.54, 1.807) is 0 Å². The average molecular weight is 244 g/mol. The van der Waals surface area contributed by atoms with E-state index >= 15 is 0 Å². The summed E-state index contributed by atoms with van der Waals surface area (Å²) in [5, 5.41) is 3.48. The number of hydrogen-bond acceptors (Lipinski definition) is 3. The van der Waals surface area contributed by atoms with Crippen LogP contribution in [0.4, 0.5) is 5.82 Å². The molecule has 0 radical (unpaired) electrons. The Morgan fingerprint density at radius 2 is 2.28 bits per heavy atom. The van der Waals surface area contributed by atoms with Crippen LogP contribution in [0.3, 0.4) is 0 Å². The van der Waals surface area contributed by atoms with Gasteiger partial charge in [-0.25, -0.2) is 9.97 Å². The summed E-state index contributed by atoms with van der Waals surface area (Å²) >= 11 is 0. The van der Waals surface area contributed by atoms with Crippen molar-refractivity contribution in [1.29, 1.82) is 0 Å². The molecule has 0 saturated heterocycles. The van der Waals surface area contributed by atoms with Gasteiger partial charge in [-0.05, 0) is 30.7 Å². The third kappa shape index (κ3) is 2.07. The summed E-state index contributed by atoms with van der Waals surface area (Å²) in [6.45, 7) is 3.37. The van der Waals surface area contributed by atoms with Gasteiger partial charge in [0, 0.05) is 19.8 Å². The number of rotatable bonds is 3. The van der Waals surface area contributed by atoms with Gasteiger partial charge in [-0.2, -0.15) is 0 Å². The van der Waals surface area contributed by atoms with Crippen LogP contribution in [0.5, 0.6) is 0 Å². The van der Waals surface area contributed by atoms with Gasteiger partial charge < -0.3 is 9.88 Å². The third-order valence-electron chi connectivity index (χ3n) is 4.00. The van der Waals surface area contributed by atoms with Crippen molar-refractivity contribution in [2.24, 2.45) is 18.9 Å². The number of anilines is 1. The van der Waals surface area contributed by atoms with Crippen LogP contribution in [0, 0.1) is 11.8 Å². The Labute approximate surface area is 107 Å². The first-order chi connectivity index (χ1) is 8.74. The van der Waals surface area contributed by atoms with Crippen LogP contribution in [0.2, 0.25) is 0 Å². The molecule has 1 aliphatic carbocycles. The fourth-order valence-corrected chi connectivity index (χ4v) is 2.94. The van der Waals surface area contributed by atoms with Crippen molar-refractivity contribution in [2.45, 2.75) is 26.2 Å². The van der Waals surface area contributed by atoms with Crippen LogP contribution in [0.15, 0.2) is 18.6 Å². The Kier molecular flexibility index (Phi) is 2.94. The highest BCUT2D eigenvalue weighted by molar-refractivity contribution is 5.85. The van der Waals surface area contributed by atoms with E-state index in [-0.39, 0.29) is 0 Å². The van der Waals surface area contributed by atoms with E-state index < -0.39 is 0 Å². The van der Waals surface area contributed by atoms with Gasteiger partial charge in [0.05, 0.1) is 11.8 Å². The number of fused-ring (bicyclic) bond motifs is 1. The second kappa shape index (κ2) is 4.59. The van der Waals surface area contributed by atoms with Gasteiger partial charge in [-0.1, -0.05) is 13.3 Å². The molecule has 2 atom stereocenters. The molecule has 0 amide bonds. The number of aromatic nitrogens is 3. The highest BCUT2D eigenvalue weighted by Crippen LogP contribution is 2.30. The monoisotopic (exact) mass is 244 g/mol. The van der Waals surface area contributed by atoms with Crippen LogP contribution < -0.4 is 5.32 Å². The van der Waals surface area contributed by atoms with Crippen molar-refractivity contribution in [2.75, 3.05) is 11.9 Å². The summed E-state index contributed by atoms with van der Waals surface area (Å²) in [7, 11) is 2.01. The first-order valence-corrected chi connectivity index (χ1v) is 6.74. The van der Waals surface area contributed by atoms with Crippen molar-refractivity contribution in [3.8, 4) is 0 Å². The van der Waals surface area contributed by atoms with Crippen LogP contribution in [-0.4, -0.2) is 21.1 Å². The summed E-state index contributed by atoms with van der Waals surface area (Å²) in [5.41, 5.74) is 2.11. The van der Waals surface area contributed by atoms with Crippen molar-refractivity contribution >= 4 is 16.9 Å². The smallest absolute Gasteiger partial charge is 0.154 e. The maximum absolute atomic E-state index is 4.42. The second-order valence-electron chi connectivity index (χ2n) is 5.55. The van der Waals surface area contributed by atoms with Gasteiger partial charge in [-0.15, -0.1) is 0 Å². The molecule has 2 aromatic rings. The van der Waals surface area contributed by atoms with Gasteiger partial charge in [0.15, 0.2) is 5.82 Å². The fourth-order valence-electron chi connectivity index (χ4n) is 2.94. The van der Waals surface area contributed by atoms with Gasteiger partial charge >= 0.3 is 0 Å². The van der Waals surface area contributed by atoms with Gasteiger partial charge in [0.2, 0.25) is 0 Å². The van der Waals surface area contributed by atoms with E-state index in [1.165, 1.54) is 19.3 Å². The van der Waals surface area contributed by atoms with Gasteiger partial charge in [0.25, 0.3) is 0 Å². The van der Waals surface area contributed by atoms with E-state index in [2.05, 4.69) is 22.2 Å². The Morgan fingerprint density at radius 3 is 3.06 bits per heavy atom. The molecule has 1 N–H and O–H groups in total. The Morgan fingerprint density at radius 1 is 1.39 bits per heavy atom. The Balaban J connectivity index is 1.74. The minimum Gasteiger partial charge on any atom is -0.368 e. The number of aryl methyl sites for hydroxylation is 1. The summed E-state index contributed by atoms with van der Waals surface area (Å²) in [6, 6.07) is 2.01. The highest BCUT2D eigenvalue weighted by atomic mass is 15.1. The number of hydrogen-bond donors (Lipinski definition) is 1. The molecule has 2 unspecified atom stereocenters. The maximum Gasteiger partial charge on any atom is 0.154 e. The number of imidazole rings is 1. The molecule has 3 rings (SSSR count). The summed E-state index contributed by atoms with van der Waals surface area (Å²) in [5.74, 6) is 2.60. The molecule has 0 aromatic carbocycles. The van der Waals surface area contributed by atoms with Crippen molar-refractivity contribution in [1.82, 2.24) is 14.5 Å². The summed E-state index contributed by atoms with van der Waals surface area (Å²) in [6.07, 6.45) is 7.74. The predicted molar refractivity (Wildman–Crippen MR) is 73.5 cm³/mol. The molecular weight excluding hydrogens is 224 g/mol. The van der Waals surface area contributed by atoms with E-state index in [0.717, 1.165) is 35.2 Å². The quantitative estimate of drug-likeness (QED) is 0.902. The first kappa shape index (κ1) is 11.5.